The minimum Gasteiger partial charge on any atom is -0.504 e. The van der Waals surface area contributed by atoms with Gasteiger partial charge in [-0.25, -0.2) is 9.97 Å². The maximum atomic E-state index is 12.2. The first-order valence-electron chi connectivity index (χ1n) is 9.71. The number of piperidine rings is 1. The molecule has 1 saturated heterocycles. The van der Waals surface area contributed by atoms with E-state index in [1.165, 1.54) is 11.3 Å². The second-order valence-electron chi connectivity index (χ2n) is 7.47. The number of carbonyl (C=O) groups is 2. The van der Waals surface area contributed by atoms with Crippen molar-refractivity contribution in [1.29, 1.82) is 0 Å². The standard InChI is InChI=1S/C21H26N4O4/c1-13-3-5-16(6-4-13)25-9-7-15(8-10-25)11-17-23-14(2)20(28)19(24-17)21(29)22-12-18(26)27/h3-6,15,28H,7-12H2,1-2H3,(H,22,29)(H,26,27). The number of carboxylic acids is 1. The number of nitrogens with zero attached hydrogens (tertiary/aromatic N) is 3. The van der Waals surface area contributed by atoms with Gasteiger partial charge in [0.15, 0.2) is 11.4 Å². The van der Waals surface area contributed by atoms with E-state index in [4.69, 9.17) is 5.11 Å². The van der Waals surface area contributed by atoms with Crippen LogP contribution in [0.1, 0.15) is 40.4 Å². The van der Waals surface area contributed by atoms with Crippen LogP contribution in [0.25, 0.3) is 0 Å². The van der Waals surface area contributed by atoms with Crippen LogP contribution in [-0.4, -0.2) is 51.7 Å². The van der Waals surface area contributed by atoms with Gasteiger partial charge in [-0.3, -0.25) is 9.59 Å². The molecule has 0 unspecified atom stereocenters. The molecule has 1 aromatic carbocycles. The van der Waals surface area contributed by atoms with Crippen molar-refractivity contribution >= 4 is 17.6 Å². The summed E-state index contributed by atoms with van der Waals surface area (Å²) in [6.07, 6.45) is 2.58. The van der Waals surface area contributed by atoms with Crippen molar-refractivity contribution in [3.63, 3.8) is 0 Å². The maximum Gasteiger partial charge on any atom is 0.322 e. The average Bonchev–Trinajstić information content (AvgIpc) is 2.70. The molecule has 0 atom stereocenters. The van der Waals surface area contributed by atoms with Gasteiger partial charge in [0.05, 0.1) is 5.69 Å². The van der Waals surface area contributed by atoms with Gasteiger partial charge in [0.1, 0.15) is 12.4 Å². The van der Waals surface area contributed by atoms with Gasteiger partial charge in [0.2, 0.25) is 0 Å². The molecule has 0 radical (unpaired) electrons. The van der Waals surface area contributed by atoms with Gasteiger partial charge in [-0.2, -0.15) is 0 Å². The smallest absolute Gasteiger partial charge is 0.322 e. The van der Waals surface area contributed by atoms with Crippen molar-refractivity contribution in [2.75, 3.05) is 24.5 Å². The molecule has 8 heteroatoms. The number of amides is 1. The fourth-order valence-electron chi connectivity index (χ4n) is 3.52. The molecule has 1 aromatic heterocycles. The summed E-state index contributed by atoms with van der Waals surface area (Å²) in [5, 5.41) is 21.0. The van der Waals surface area contributed by atoms with E-state index in [9.17, 15) is 14.7 Å². The van der Waals surface area contributed by atoms with Crippen LogP contribution in [-0.2, 0) is 11.2 Å². The Morgan fingerprint density at radius 3 is 2.41 bits per heavy atom. The first-order chi connectivity index (χ1) is 13.8. The van der Waals surface area contributed by atoms with Gasteiger partial charge in [-0.1, -0.05) is 17.7 Å². The van der Waals surface area contributed by atoms with Crippen molar-refractivity contribution in [2.45, 2.75) is 33.1 Å². The fraction of sp³-hybridized carbons (Fsp3) is 0.429. The maximum absolute atomic E-state index is 12.2. The average molecular weight is 398 g/mol. The molecule has 8 nitrogen and oxygen atoms in total. The number of anilines is 1. The first-order valence-corrected chi connectivity index (χ1v) is 9.71. The number of hydrogen-bond acceptors (Lipinski definition) is 6. The van der Waals surface area contributed by atoms with E-state index in [0.717, 1.165) is 25.9 Å². The molecular weight excluding hydrogens is 372 g/mol. The van der Waals surface area contributed by atoms with Crippen LogP contribution in [0.5, 0.6) is 5.75 Å². The molecule has 0 spiro atoms. The second-order valence-corrected chi connectivity index (χ2v) is 7.47. The number of rotatable bonds is 6. The number of nitrogens with one attached hydrogen (secondary N) is 1. The van der Waals surface area contributed by atoms with E-state index in [2.05, 4.69) is 51.4 Å². The van der Waals surface area contributed by atoms with Crippen LogP contribution >= 0.6 is 0 Å². The number of aromatic hydroxyl groups is 1. The van der Waals surface area contributed by atoms with Crippen LogP contribution in [0.2, 0.25) is 0 Å². The monoisotopic (exact) mass is 398 g/mol. The third-order valence-corrected chi connectivity index (χ3v) is 5.20. The van der Waals surface area contributed by atoms with E-state index < -0.39 is 18.4 Å². The number of aryl methyl sites for hydroxylation is 2. The van der Waals surface area contributed by atoms with Gasteiger partial charge >= 0.3 is 5.97 Å². The van der Waals surface area contributed by atoms with Crippen molar-refractivity contribution in [2.24, 2.45) is 5.92 Å². The Balaban J connectivity index is 1.64. The molecule has 0 aliphatic carbocycles. The zero-order valence-electron chi connectivity index (χ0n) is 16.7. The number of carbonyl (C=O) groups excluding carboxylic acids is 1. The number of aliphatic carboxylic acids is 1. The summed E-state index contributed by atoms with van der Waals surface area (Å²) in [6, 6.07) is 8.52. The van der Waals surface area contributed by atoms with Gasteiger partial charge in [0.25, 0.3) is 5.91 Å². The summed E-state index contributed by atoms with van der Waals surface area (Å²) in [5.41, 5.74) is 2.60. The highest BCUT2D eigenvalue weighted by molar-refractivity contribution is 5.96. The van der Waals surface area contributed by atoms with Crippen LogP contribution in [0, 0.1) is 19.8 Å². The fourth-order valence-corrected chi connectivity index (χ4v) is 3.52. The van der Waals surface area contributed by atoms with Crippen LogP contribution in [0.15, 0.2) is 24.3 Å². The topological polar surface area (TPSA) is 116 Å². The molecule has 1 amide bonds. The number of benzene rings is 1. The van der Waals surface area contributed by atoms with Crippen LogP contribution in [0.3, 0.4) is 0 Å². The molecule has 1 aliphatic heterocycles. The van der Waals surface area contributed by atoms with E-state index in [1.807, 2.05) is 0 Å². The summed E-state index contributed by atoms with van der Waals surface area (Å²) < 4.78 is 0. The lowest BCUT2D eigenvalue weighted by molar-refractivity contribution is -0.135. The number of aromatic nitrogens is 2. The van der Waals surface area contributed by atoms with E-state index in [1.54, 1.807) is 6.92 Å². The highest BCUT2D eigenvalue weighted by Crippen LogP contribution is 2.26. The molecule has 1 aliphatic rings. The summed E-state index contributed by atoms with van der Waals surface area (Å²) in [6.45, 7) is 5.03. The predicted octanol–water partition coefficient (Wildman–Crippen LogP) is 2.07. The molecule has 0 bridgehead atoms. The molecule has 3 rings (SSSR count). The van der Waals surface area contributed by atoms with Crippen LogP contribution < -0.4 is 10.2 Å². The SMILES string of the molecule is Cc1ccc(N2CCC(Cc3nc(C)c(O)c(C(=O)NCC(=O)O)n3)CC2)cc1. The van der Waals surface area contributed by atoms with Crippen molar-refractivity contribution in [3.8, 4) is 5.75 Å². The lowest BCUT2D eigenvalue weighted by Gasteiger charge is -2.33. The first kappa shape index (κ1) is 20.6. The van der Waals surface area contributed by atoms with Gasteiger partial charge in [-0.15, -0.1) is 0 Å². The summed E-state index contributed by atoms with van der Waals surface area (Å²) in [4.78, 5) is 33.7. The zero-order valence-corrected chi connectivity index (χ0v) is 16.7. The Labute approximate surface area is 169 Å². The van der Waals surface area contributed by atoms with E-state index >= 15 is 0 Å². The highest BCUT2D eigenvalue weighted by Gasteiger charge is 2.23. The molecule has 3 N–H and O–H groups in total. The highest BCUT2D eigenvalue weighted by atomic mass is 16.4. The third kappa shape index (κ3) is 5.22. The van der Waals surface area contributed by atoms with E-state index in [-0.39, 0.29) is 11.4 Å². The van der Waals surface area contributed by atoms with Gasteiger partial charge in [0, 0.05) is 25.2 Å². The number of hydrogen-bond donors (Lipinski definition) is 3. The normalized spacial score (nSPS) is 14.6. The summed E-state index contributed by atoms with van der Waals surface area (Å²) in [5.74, 6) is -1.31. The molecule has 1 fully saturated rings. The second kappa shape index (κ2) is 8.89. The Bertz CT molecular complexity index is 890. The molecule has 2 heterocycles. The number of carboxylic acid groups (broad SMARTS) is 1. The molecule has 154 valence electrons. The quantitative estimate of drug-likeness (QED) is 0.682. The molecule has 2 aromatic rings. The Morgan fingerprint density at radius 2 is 1.79 bits per heavy atom. The lowest BCUT2D eigenvalue weighted by atomic mass is 9.92. The Hall–Kier alpha value is -3.16. The van der Waals surface area contributed by atoms with Crippen molar-refractivity contribution in [3.05, 3.63) is 47.0 Å². The predicted molar refractivity (Wildman–Crippen MR) is 108 cm³/mol. The summed E-state index contributed by atoms with van der Waals surface area (Å²) in [7, 11) is 0. The minimum absolute atomic E-state index is 0.175. The third-order valence-electron chi connectivity index (χ3n) is 5.20. The van der Waals surface area contributed by atoms with Crippen molar-refractivity contribution in [1.82, 2.24) is 15.3 Å². The molecule has 0 saturated carbocycles. The molecular formula is C21H26N4O4. The Kier molecular flexibility index (Phi) is 6.31. The lowest BCUT2D eigenvalue weighted by Crippen LogP contribution is -2.34. The Morgan fingerprint density at radius 1 is 1.14 bits per heavy atom. The minimum atomic E-state index is -1.16. The largest absolute Gasteiger partial charge is 0.504 e. The van der Waals surface area contributed by atoms with Crippen molar-refractivity contribution < 1.29 is 19.8 Å². The van der Waals surface area contributed by atoms with Crippen LogP contribution in [0.4, 0.5) is 5.69 Å². The zero-order chi connectivity index (χ0) is 21.0. The molecule has 29 heavy (non-hydrogen) atoms. The van der Waals surface area contributed by atoms with Gasteiger partial charge < -0.3 is 20.4 Å². The van der Waals surface area contributed by atoms with E-state index in [0.29, 0.717) is 23.9 Å². The van der Waals surface area contributed by atoms with Gasteiger partial charge in [-0.05, 0) is 44.7 Å². The summed E-state index contributed by atoms with van der Waals surface area (Å²) >= 11 is 0.